The lowest BCUT2D eigenvalue weighted by Gasteiger charge is -2.14. The highest BCUT2D eigenvalue weighted by Crippen LogP contribution is 2.67. The Kier molecular flexibility index (Phi) is 3.66. The first-order valence-electron chi connectivity index (χ1n) is 5.51. The minimum absolute atomic E-state index is 0.229. The van der Waals surface area contributed by atoms with Gasteiger partial charge in [0, 0.05) is 28.5 Å². The molecule has 0 unspecified atom stereocenters. The van der Waals surface area contributed by atoms with E-state index in [4.69, 9.17) is 0 Å². The third kappa shape index (κ3) is 2.33. The van der Waals surface area contributed by atoms with Crippen LogP contribution in [0, 0.1) is 0 Å². The molecular weight excluding hydrogens is 432 g/mol. The number of fused-ring (bicyclic) bond motifs is 2. The topological polar surface area (TPSA) is 0 Å². The maximum atomic E-state index is 3.83. The zero-order valence-electron chi connectivity index (χ0n) is 10.4. The predicted molar refractivity (Wildman–Crippen MR) is 93.4 cm³/mol. The van der Waals surface area contributed by atoms with Gasteiger partial charge in [0.1, 0.15) is 0 Å². The second kappa shape index (κ2) is 4.54. The SMILES string of the molecule is CC1(C)Sc2c(Br)c3c(c(Br)c2S1)SC(C)(C)S3. The summed E-state index contributed by atoms with van der Waals surface area (Å²) in [4.78, 5) is 5.62. The number of rotatable bonds is 0. The van der Waals surface area contributed by atoms with Crippen molar-refractivity contribution in [3.8, 4) is 0 Å². The van der Waals surface area contributed by atoms with Gasteiger partial charge in [-0.15, -0.1) is 47.0 Å². The van der Waals surface area contributed by atoms with Crippen molar-refractivity contribution in [2.24, 2.45) is 0 Å². The molecule has 0 amide bonds. The average molecular weight is 444 g/mol. The Balaban J connectivity index is 2.20. The van der Waals surface area contributed by atoms with Crippen LogP contribution in [0.3, 0.4) is 0 Å². The first kappa shape index (κ1) is 14.5. The monoisotopic (exact) mass is 442 g/mol. The van der Waals surface area contributed by atoms with Crippen molar-refractivity contribution in [1.29, 1.82) is 0 Å². The van der Waals surface area contributed by atoms with Crippen molar-refractivity contribution >= 4 is 78.9 Å². The van der Waals surface area contributed by atoms with Gasteiger partial charge in [0.2, 0.25) is 0 Å². The van der Waals surface area contributed by atoms with Crippen LogP contribution in [-0.2, 0) is 0 Å². The van der Waals surface area contributed by atoms with Crippen molar-refractivity contribution in [1.82, 2.24) is 0 Å². The predicted octanol–water partition coefficient (Wildman–Crippen LogP) is 7.08. The van der Waals surface area contributed by atoms with Crippen LogP contribution >= 0.6 is 78.9 Å². The van der Waals surface area contributed by atoms with Gasteiger partial charge in [-0.1, -0.05) is 0 Å². The minimum Gasteiger partial charge on any atom is -0.106 e. The van der Waals surface area contributed by atoms with Gasteiger partial charge in [0.15, 0.2) is 0 Å². The molecule has 0 aliphatic carbocycles. The Labute approximate surface area is 142 Å². The van der Waals surface area contributed by atoms with E-state index in [0.717, 1.165) is 0 Å². The Bertz CT molecular complexity index is 461. The Morgan fingerprint density at radius 1 is 0.611 bits per heavy atom. The van der Waals surface area contributed by atoms with Crippen molar-refractivity contribution < 1.29 is 0 Å². The molecule has 0 atom stereocenters. The molecule has 2 aliphatic heterocycles. The summed E-state index contributed by atoms with van der Waals surface area (Å²) < 4.78 is 3.05. The van der Waals surface area contributed by atoms with E-state index in [2.05, 4.69) is 59.6 Å². The number of benzene rings is 1. The van der Waals surface area contributed by atoms with E-state index >= 15 is 0 Å². The second-order valence-corrected chi connectivity index (χ2v) is 13.8. The second-order valence-electron chi connectivity index (χ2n) is 5.15. The van der Waals surface area contributed by atoms with Crippen molar-refractivity contribution in [3.63, 3.8) is 0 Å². The van der Waals surface area contributed by atoms with E-state index in [-0.39, 0.29) is 8.16 Å². The molecule has 0 saturated carbocycles. The van der Waals surface area contributed by atoms with Gasteiger partial charge in [-0.25, -0.2) is 0 Å². The highest BCUT2D eigenvalue weighted by atomic mass is 79.9. The van der Waals surface area contributed by atoms with Gasteiger partial charge in [-0.3, -0.25) is 0 Å². The summed E-state index contributed by atoms with van der Waals surface area (Å²) in [6.45, 7) is 9.15. The Morgan fingerprint density at radius 3 is 1.06 bits per heavy atom. The van der Waals surface area contributed by atoms with Crippen LogP contribution in [0.5, 0.6) is 0 Å². The quantitative estimate of drug-likeness (QED) is 0.419. The third-order valence-corrected chi connectivity index (χ3v) is 10.9. The van der Waals surface area contributed by atoms with Gasteiger partial charge in [-0.2, -0.15) is 0 Å². The molecule has 6 heteroatoms. The van der Waals surface area contributed by atoms with Crippen LogP contribution in [0.25, 0.3) is 0 Å². The zero-order valence-corrected chi connectivity index (χ0v) is 16.8. The van der Waals surface area contributed by atoms with Crippen LogP contribution in [-0.4, -0.2) is 8.16 Å². The molecule has 0 bridgehead atoms. The lowest BCUT2D eigenvalue weighted by Crippen LogP contribution is -2.02. The molecular formula is C12H12Br2S4. The normalized spacial score (nSPS) is 23.0. The van der Waals surface area contributed by atoms with Crippen molar-refractivity contribution in [2.75, 3.05) is 0 Å². The van der Waals surface area contributed by atoms with Gasteiger partial charge >= 0.3 is 0 Å². The third-order valence-electron chi connectivity index (χ3n) is 2.60. The molecule has 0 aromatic heterocycles. The van der Waals surface area contributed by atoms with Crippen LogP contribution in [0.2, 0.25) is 0 Å². The average Bonchev–Trinajstić information content (AvgIpc) is 2.72. The van der Waals surface area contributed by atoms with E-state index < -0.39 is 0 Å². The molecule has 0 spiro atoms. The molecule has 0 fully saturated rings. The minimum atomic E-state index is 0.229. The molecule has 98 valence electrons. The first-order valence-corrected chi connectivity index (χ1v) is 10.4. The number of thioether (sulfide) groups is 4. The molecule has 0 nitrogen and oxygen atoms in total. The molecule has 2 aliphatic rings. The summed E-state index contributed by atoms with van der Waals surface area (Å²) in [5.74, 6) is 0. The van der Waals surface area contributed by atoms with Gasteiger partial charge in [-0.05, 0) is 59.6 Å². The summed E-state index contributed by atoms with van der Waals surface area (Å²) in [6.07, 6.45) is 0. The van der Waals surface area contributed by atoms with E-state index in [1.807, 2.05) is 47.0 Å². The number of halogens is 2. The fourth-order valence-electron chi connectivity index (χ4n) is 1.99. The van der Waals surface area contributed by atoms with E-state index in [9.17, 15) is 0 Å². The van der Waals surface area contributed by atoms with Crippen molar-refractivity contribution in [2.45, 2.75) is 55.4 Å². The summed E-state index contributed by atoms with van der Waals surface area (Å²) >= 11 is 15.5. The molecule has 1 aromatic rings. The lowest BCUT2D eigenvalue weighted by molar-refractivity contribution is 1.04. The van der Waals surface area contributed by atoms with Crippen LogP contribution < -0.4 is 0 Å². The summed E-state index contributed by atoms with van der Waals surface area (Å²) in [7, 11) is 0. The maximum Gasteiger partial charge on any atom is 0.0650 e. The Morgan fingerprint density at radius 2 is 0.833 bits per heavy atom. The van der Waals surface area contributed by atoms with Gasteiger partial charge in [0.05, 0.1) is 8.16 Å². The standard InChI is InChI=1S/C12H12Br2S4/c1-11(2)15-7-5(13)9-10(6(14)8(7)16-11)18-12(3,4)17-9/h1-4H3. The molecule has 0 saturated heterocycles. The van der Waals surface area contributed by atoms with Gasteiger partial charge < -0.3 is 0 Å². The molecule has 0 N–H and O–H groups in total. The molecule has 2 heterocycles. The van der Waals surface area contributed by atoms with Crippen LogP contribution in [0.1, 0.15) is 27.7 Å². The zero-order chi connectivity index (χ0) is 13.3. The lowest BCUT2D eigenvalue weighted by atomic mass is 10.3. The summed E-state index contributed by atoms with van der Waals surface area (Å²) in [5, 5.41) is 0. The molecule has 18 heavy (non-hydrogen) atoms. The maximum absolute atomic E-state index is 3.83. The largest absolute Gasteiger partial charge is 0.106 e. The Hall–Kier alpha value is 1.58. The van der Waals surface area contributed by atoms with Crippen LogP contribution in [0.4, 0.5) is 0 Å². The highest BCUT2D eigenvalue weighted by Gasteiger charge is 2.41. The highest BCUT2D eigenvalue weighted by molar-refractivity contribution is 9.11. The number of hydrogen-bond acceptors (Lipinski definition) is 4. The van der Waals surface area contributed by atoms with Gasteiger partial charge in [0.25, 0.3) is 0 Å². The molecule has 3 rings (SSSR count). The van der Waals surface area contributed by atoms with Crippen LogP contribution in [0.15, 0.2) is 28.5 Å². The van der Waals surface area contributed by atoms with E-state index in [1.54, 1.807) is 0 Å². The summed E-state index contributed by atoms with van der Waals surface area (Å²) in [6, 6.07) is 0. The first-order chi connectivity index (χ1) is 8.20. The molecule has 1 aromatic carbocycles. The fourth-order valence-corrected chi connectivity index (χ4v) is 9.76. The van der Waals surface area contributed by atoms with E-state index in [1.165, 1.54) is 28.5 Å². The van der Waals surface area contributed by atoms with Crippen molar-refractivity contribution in [3.05, 3.63) is 8.95 Å². The fraction of sp³-hybridized carbons (Fsp3) is 0.500. The molecule has 0 radical (unpaired) electrons. The number of hydrogen-bond donors (Lipinski definition) is 0. The summed E-state index contributed by atoms with van der Waals surface area (Å²) in [5.41, 5.74) is 0. The van der Waals surface area contributed by atoms with E-state index in [0.29, 0.717) is 0 Å². The smallest absolute Gasteiger partial charge is 0.0650 e.